The van der Waals surface area contributed by atoms with Crippen LogP contribution in [0.1, 0.15) is 17.3 Å². The van der Waals surface area contributed by atoms with Crippen LogP contribution in [0.5, 0.6) is 0 Å². The monoisotopic (exact) mass is 420 g/mol. The normalized spacial score (nSPS) is 16.4. The van der Waals surface area contributed by atoms with Crippen LogP contribution in [0.2, 0.25) is 0 Å². The Morgan fingerprint density at radius 2 is 1.90 bits per heavy atom. The van der Waals surface area contributed by atoms with Crippen molar-refractivity contribution in [2.45, 2.75) is 19.0 Å². The predicted molar refractivity (Wildman–Crippen MR) is 110 cm³/mol. The van der Waals surface area contributed by atoms with Gasteiger partial charge in [0, 0.05) is 54.6 Å². The standard InChI is InChI=1S/C22H18F2N6O/c23-17-6-16-20(7-18(17)24)26-12-27-22(16)29-4-2-19-14(9-29)5-13(8-25-19)21-1-3-28-30(21)15-10-31-11-15/h1,3,5-8,12,15H,2,4,9-11H2. The number of fused-ring (bicyclic) bond motifs is 2. The molecule has 6 rings (SSSR count). The van der Waals surface area contributed by atoms with Crippen molar-refractivity contribution in [2.24, 2.45) is 0 Å². The zero-order valence-electron chi connectivity index (χ0n) is 16.5. The first kappa shape index (κ1) is 18.3. The van der Waals surface area contributed by atoms with E-state index in [1.54, 1.807) is 6.20 Å². The van der Waals surface area contributed by atoms with Crippen LogP contribution in [0, 0.1) is 11.6 Å². The molecule has 1 saturated heterocycles. The van der Waals surface area contributed by atoms with E-state index in [2.05, 4.69) is 26.0 Å². The van der Waals surface area contributed by atoms with Gasteiger partial charge in [-0.1, -0.05) is 0 Å². The molecule has 0 aliphatic carbocycles. The third-order valence-corrected chi connectivity index (χ3v) is 5.93. The summed E-state index contributed by atoms with van der Waals surface area (Å²) < 4.78 is 34.8. The molecule has 0 atom stereocenters. The lowest BCUT2D eigenvalue weighted by Crippen LogP contribution is -2.32. The van der Waals surface area contributed by atoms with Crippen molar-refractivity contribution in [3.63, 3.8) is 0 Å². The molecule has 2 aliphatic rings. The molecule has 4 aromatic rings. The molecule has 1 fully saturated rings. The topological polar surface area (TPSA) is 69.0 Å². The molecule has 0 N–H and O–H groups in total. The Kier molecular flexibility index (Phi) is 4.17. The third kappa shape index (κ3) is 3.04. The van der Waals surface area contributed by atoms with Gasteiger partial charge in [-0.2, -0.15) is 5.10 Å². The van der Waals surface area contributed by atoms with E-state index in [1.807, 2.05) is 16.9 Å². The van der Waals surface area contributed by atoms with Crippen LogP contribution < -0.4 is 4.90 Å². The van der Waals surface area contributed by atoms with Crippen LogP contribution in [0.15, 0.2) is 43.0 Å². The van der Waals surface area contributed by atoms with Gasteiger partial charge in [-0.05, 0) is 23.8 Å². The molecule has 31 heavy (non-hydrogen) atoms. The lowest BCUT2D eigenvalue weighted by atomic mass is 10.0. The van der Waals surface area contributed by atoms with Crippen LogP contribution in [0.4, 0.5) is 14.6 Å². The van der Waals surface area contributed by atoms with E-state index < -0.39 is 11.6 Å². The highest BCUT2D eigenvalue weighted by Crippen LogP contribution is 2.31. The van der Waals surface area contributed by atoms with Crippen molar-refractivity contribution in [2.75, 3.05) is 24.7 Å². The maximum Gasteiger partial charge on any atom is 0.161 e. The number of anilines is 1. The van der Waals surface area contributed by atoms with Gasteiger partial charge in [-0.15, -0.1) is 0 Å². The summed E-state index contributed by atoms with van der Waals surface area (Å²) in [5, 5.41) is 4.95. The molecule has 3 aromatic heterocycles. The maximum atomic E-state index is 13.9. The first-order valence-electron chi connectivity index (χ1n) is 10.1. The van der Waals surface area contributed by atoms with Gasteiger partial charge in [-0.3, -0.25) is 9.67 Å². The molecule has 1 aromatic carbocycles. The highest BCUT2D eigenvalue weighted by Gasteiger charge is 2.25. The van der Waals surface area contributed by atoms with E-state index in [4.69, 9.17) is 9.72 Å². The second-order valence-corrected chi connectivity index (χ2v) is 7.83. The summed E-state index contributed by atoms with van der Waals surface area (Å²) in [4.78, 5) is 15.2. The van der Waals surface area contributed by atoms with Crippen LogP contribution in [-0.2, 0) is 17.7 Å². The number of pyridine rings is 1. The Bertz CT molecular complexity index is 1300. The highest BCUT2D eigenvalue weighted by molar-refractivity contribution is 5.89. The van der Waals surface area contributed by atoms with E-state index in [0.717, 1.165) is 35.0 Å². The first-order chi connectivity index (χ1) is 15.2. The minimum Gasteiger partial charge on any atom is -0.377 e. The van der Waals surface area contributed by atoms with Gasteiger partial charge >= 0.3 is 0 Å². The molecule has 0 radical (unpaired) electrons. The van der Waals surface area contributed by atoms with E-state index in [-0.39, 0.29) is 6.04 Å². The number of hydrogen-bond acceptors (Lipinski definition) is 6. The smallest absolute Gasteiger partial charge is 0.161 e. The Balaban J connectivity index is 1.36. The van der Waals surface area contributed by atoms with E-state index >= 15 is 0 Å². The Morgan fingerprint density at radius 3 is 2.74 bits per heavy atom. The van der Waals surface area contributed by atoms with Gasteiger partial charge in [0.1, 0.15) is 12.1 Å². The fourth-order valence-electron chi connectivity index (χ4n) is 4.23. The molecule has 2 aliphatic heterocycles. The van der Waals surface area contributed by atoms with Crippen molar-refractivity contribution in [3.8, 4) is 11.3 Å². The molecule has 9 heteroatoms. The van der Waals surface area contributed by atoms with Gasteiger partial charge in [0.2, 0.25) is 0 Å². The summed E-state index contributed by atoms with van der Waals surface area (Å²) >= 11 is 0. The number of ether oxygens (including phenoxy) is 1. The van der Waals surface area contributed by atoms with Crippen LogP contribution in [0.3, 0.4) is 0 Å². The summed E-state index contributed by atoms with van der Waals surface area (Å²) in [6.07, 6.45) is 5.80. The van der Waals surface area contributed by atoms with Crippen molar-refractivity contribution in [3.05, 3.63) is 65.9 Å². The Morgan fingerprint density at radius 1 is 1.03 bits per heavy atom. The molecule has 0 spiro atoms. The average Bonchev–Trinajstić information content (AvgIpc) is 3.21. The third-order valence-electron chi connectivity index (χ3n) is 5.93. The van der Waals surface area contributed by atoms with Crippen LogP contribution >= 0.6 is 0 Å². The minimum atomic E-state index is -0.913. The molecule has 0 bridgehead atoms. The van der Waals surface area contributed by atoms with Gasteiger partial charge in [0.15, 0.2) is 11.6 Å². The van der Waals surface area contributed by atoms with Crippen molar-refractivity contribution in [1.29, 1.82) is 0 Å². The average molecular weight is 420 g/mol. The molecule has 156 valence electrons. The van der Waals surface area contributed by atoms with Gasteiger partial charge < -0.3 is 9.64 Å². The fourth-order valence-corrected chi connectivity index (χ4v) is 4.23. The van der Waals surface area contributed by atoms with E-state index in [9.17, 15) is 8.78 Å². The lowest BCUT2D eigenvalue weighted by Gasteiger charge is -2.30. The quantitative estimate of drug-likeness (QED) is 0.507. The fraction of sp³-hybridized carbons (Fsp3) is 0.273. The first-order valence-corrected chi connectivity index (χ1v) is 10.1. The van der Waals surface area contributed by atoms with Crippen molar-refractivity contribution < 1.29 is 13.5 Å². The lowest BCUT2D eigenvalue weighted by molar-refractivity contribution is -0.0278. The van der Waals surface area contributed by atoms with Gasteiger partial charge in [-0.25, -0.2) is 18.7 Å². The van der Waals surface area contributed by atoms with Crippen molar-refractivity contribution >= 4 is 16.7 Å². The van der Waals surface area contributed by atoms with Crippen LogP contribution in [0.25, 0.3) is 22.2 Å². The Hall–Kier alpha value is -3.46. The largest absolute Gasteiger partial charge is 0.377 e. The predicted octanol–water partition coefficient (Wildman–Crippen LogP) is 3.30. The molecular formula is C22H18F2N6O. The summed E-state index contributed by atoms with van der Waals surface area (Å²) in [7, 11) is 0. The molecule has 0 saturated carbocycles. The number of nitrogens with zero attached hydrogens (tertiary/aromatic N) is 6. The molecule has 0 unspecified atom stereocenters. The number of aromatic nitrogens is 5. The number of hydrogen-bond donors (Lipinski definition) is 0. The zero-order chi connectivity index (χ0) is 20.9. The number of rotatable bonds is 3. The minimum absolute atomic E-state index is 0.250. The molecule has 5 heterocycles. The SMILES string of the molecule is Fc1cc2ncnc(N3CCc4ncc(-c5ccnn5C5COC5)cc4C3)c2cc1F. The van der Waals surface area contributed by atoms with Gasteiger partial charge in [0.05, 0.1) is 30.5 Å². The summed E-state index contributed by atoms with van der Waals surface area (Å²) in [5.41, 5.74) is 4.49. The van der Waals surface area contributed by atoms with E-state index in [1.165, 1.54) is 12.4 Å². The van der Waals surface area contributed by atoms with Gasteiger partial charge in [0.25, 0.3) is 0 Å². The van der Waals surface area contributed by atoms with E-state index in [0.29, 0.717) is 43.0 Å². The van der Waals surface area contributed by atoms with Crippen LogP contribution in [-0.4, -0.2) is 44.5 Å². The second kappa shape index (κ2) is 7.05. The Labute approximate surface area is 176 Å². The molecular weight excluding hydrogens is 402 g/mol. The zero-order valence-corrected chi connectivity index (χ0v) is 16.5. The van der Waals surface area contributed by atoms with Crippen molar-refractivity contribution in [1.82, 2.24) is 24.7 Å². The highest BCUT2D eigenvalue weighted by atomic mass is 19.2. The molecule has 7 nitrogen and oxygen atoms in total. The molecule has 0 amide bonds. The second-order valence-electron chi connectivity index (χ2n) is 7.83. The maximum absolute atomic E-state index is 13.9. The summed E-state index contributed by atoms with van der Waals surface area (Å²) in [5.74, 6) is -1.22. The number of benzene rings is 1. The summed E-state index contributed by atoms with van der Waals surface area (Å²) in [6.45, 7) is 2.58. The number of halogens is 2. The summed E-state index contributed by atoms with van der Waals surface area (Å²) in [6, 6.07) is 6.64.